The fourth-order valence-electron chi connectivity index (χ4n) is 1.82. The van der Waals surface area contributed by atoms with E-state index in [-0.39, 0.29) is 12.3 Å². The van der Waals surface area contributed by atoms with Crippen LogP contribution < -0.4 is 10.1 Å². The maximum Gasteiger partial charge on any atom is 0.228 e. The third-order valence-corrected chi connectivity index (χ3v) is 3.13. The van der Waals surface area contributed by atoms with E-state index in [1.165, 1.54) is 0 Å². The molecule has 0 atom stereocenters. The summed E-state index contributed by atoms with van der Waals surface area (Å²) >= 11 is 6.03. The average Bonchev–Trinajstić information content (AvgIpc) is 2.44. The molecule has 4 heteroatoms. The van der Waals surface area contributed by atoms with Crippen LogP contribution in [0.5, 0.6) is 5.75 Å². The van der Waals surface area contributed by atoms with Gasteiger partial charge in [-0.2, -0.15) is 0 Å². The Morgan fingerprint density at radius 2 is 1.85 bits per heavy atom. The Morgan fingerprint density at radius 1 is 1.15 bits per heavy atom. The van der Waals surface area contributed by atoms with Crippen LogP contribution >= 0.6 is 11.6 Å². The summed E-state index contributed by atoms with van der Waals surface area (Å²) in [5.41, 5.74) is 1.56. The first-order valence-electron chi connectivity index (χ1n) is 6.45. The molecule has 0 aromatic heterocycles. The zero-order valence-electron chi connectivity index (χ0n) is 11.2. The summed E-state index contributed by atoms with van der Waals surface area (Å²) in [7, 11) is 0. The molecule has 0 aliphatic heterocycles. The summed E-state index contributed by atoms with van der Waals surface area (Å²) in [4.78, 5) is 11.9. The van der Waals surface area contributed by atoms with Crippen molar-refractivity contribution in [2.24, 2.45) is 0 Å². The molecule has 0 radical (unpaired) electrons. The normalized spacial score (nSPS) is 10.1. The fourth-order valence-corrected chi connectivity index (χ4v) is 2.02. The van der Waals surface area contributed by atoms with Gasteiger partial charge in [-0.25, -0.2) is 0 Å². The SMILES string of the molecule is CCOc1ccc(NC(=O)Cc2ccccc2Cl)cc1. The highest BCUT2D eigenvalue weighted by molar-refractivity contribution is 6.31. The standard InChI is InChI=1S/C16H16ClNO2/c1-2-20-14-9-7-13(8-10-14)18-16(19)11-12-5-3-4-6-15(12)17/h3-10H,2,11H2,1H3,(H,18,19). The van der Waals surface area contributed by atoms with Crippen LogP contribution in [0.3, 0.4) is 0 Å². The minimum absolute atomic E-state index is 0.0951. The van der Waals surface area contributed by atoms with Crippen LogP contribution in [-0.4, -0.2) is 12.5 Å². The van der Waals surface area contributed by atoms with Gasteiger partial charge in [0.05, 0.1) is 13.0 Å². The Labute approximate surface area is 123 Å². The van der Waals surface area contributed by atoms with Crippen molar-refractivity contribution in [1.82, 2.24) is 0 Å². The monoisotopic (exact) mass is 289 g/mol. The number of carbonyl (C=O) groups is 1. The zero-order chi connectivity index (χ0) is 14.4. The number of anilines is 1. The van der Waals surface area contributed by atoms with Gasteiger partial charge in [0.2, 0.25) is 5.91 Å². The first-order valence-corrected chi connectivity index (χ1v) is 6.83. The zero-order valence-corrected chi connectivity index (χ0v) is 12.0. The second-order valence-electron chi connectivity index (χ2n) is 4.27. The van der Waals surface area contributed by atoms with E-state index < -0.39 is 0 Å². The third-order valence-electron chi connectivity index (χ3n) is 2.76. The van der Waals surface area contributed by atoms with E-state index in [4.69, 9.17) is 16.3 Å². The van der Waals surface area contributed by atoms with E-state index in [1.54, 1.807) is 6.07 Å². The average molecular weight is 290 g/mol. The molecule has 0 aliphatic carbocycles. The maximum atomic E-state index is 11.9. The Morgan fingerprint density at radius 3 is 2.50 bits per heavy atom. The van der Waals surface area contributed by atoms with Crippen molar-refractivity contribution >= 4 is 23.2 Å². The van der Waals surface area contributed by atoms with Crippen molar-refractivity contribution in [3.63, 3.8) is 0 Å². The van der Waals surface area contributed by atoms with Crippen molar-refractivity contribution in [3.05, 3.63) is 59.1 Å². The number of amides is 1. The smallest absolute Gasteiger partial charge is 0.228 e. The number of rotatable bonds is 5. The van der Waals surface area contributed by atoms with E-state index in [0.29, 0.717) is 11.6 Å². The lowest BCUT2D eigenvalue weighted by Crippen LogP contribution is -2.14. The summed E-state index contributed by atoms with van der Waals surface area (Å²) in [5, 5.41) is 3.44. The predicted molar refractivity (Wildman–Crippen MR) is 81.4 cm³/mol. The Kier molecular flexibility index (Phi) is 5.02. The molecule has 0 bridgehead atoms. The Hall–Kier alpha value is -2.00. The summed E-state index contributed by atoms with van der Waals surface area (Å²) in [5.74, 6) is 0.693. The molecule has 2 aromatic rings. The molecule has 0 saturated heterocycles. The molecule has 0 aliphatic rings. The van der Waals surface area contributed by atoms with Crippen LogP contribution in [0.25, 0.3) is 0 Å². The lowest BCUT2D eigenvalue weighted by atomic mass is 10.1. The second kappa shape index (κ2) is 6.96. The van der Waals surface area contributed by atoms with Gasteiger partial charge in [0.1, 0.15) is 5.75 Å². The summed E-state index contributed by atoms with van der Waals surface area (Å²) in [6, 6.07) is 14.6. The molecular formula is C16H16ClNO2. The lowest BCUT2D eigenvalue weighted by molar-refractivity contribution is -0.115. The van der Waals surface area contributed by atoms with Crippen molar-refractivity contribution in [3.8, 4) is 5.75 Å². The number of nitrogens with one attached hydrogen (secondary N) is 1. The van der Waals surface area contributed by atoms with Crippen LogP contribution in [-0.2, 0) is 11.2 Å². The number of carbonyl (C=O) groups excluding carboxylic acids is 1. The van der Waals surface area contributed by atoms with E-state index in [9.17, 15) is 4.79 Å². The van der Waals surface area contributed by atoms with Gasteiger partial charge in [0.15, 0.2) is 0 Å². The number of hydrogen-bond donors (Lipinski definition) is 1. The van der Waals surface area contributed by atoms with E-state index >= 15 is 0 Å². The molecule has 0 saturated carbocycles. The summed E-state index contributed by atoms with van der Waals surface area (Å²) < 4.78 is 5.35. The van der Waals surface area contributed by atoms with Gasteiger partial charge in [-0.15, -0.1) is 0 Å². The van der Waals surface area contributed by atoms with Crippen LogP contribution in [0.15, 0.2) is 48.5 Å². The van der Waals surface area contributed by atoms with Gasteiger partial charge in [0.25, 0.3) is 0 Å². The molecule has 1 N–H and O–H groups in total. The predicted octanol–water partition coefficient (Wildman–Crippen LogP) is 3.92. The number of halogens is 1. The third kappa shape index (κ3) is 4.00. The highest BCUT2D eigenvalue weighted by Crippen LogP contribution is 2.18. The Bertz CT molecular complexity index is 581. The van der Waals surface area contributed by atoms with Crippen LogP contribution in [0.4, 0.5) is 5.69 Å². The van der Waals surface area contributed by atoms with Gasteiger partial charge >= 0.3 is 0 Å². The largest absolute Gasteiger partial charge is 0.494 e. The molecule has 2 aromatic carbocycles. The minimum Gasteiger partial charge on any atom is -0.494 e. The molecule has 0 unspecified atom stereocenters. The molecule has 104 valence electrons. The van der Waals surface area contributed by atoms with Crippen LogP contribution in [0.2, 0.25) is 5.02 Å². The maximum absolute atomic E-state index is 11.9. The van der Waals surface area contributed by atoms with Crippen molar-refractivity contribution < 1.29 is 9.53 Å². The van der Waals surface area contributed by atoms with Gasteiger partial charge in [-0.1, -0.05) is 29.8 Å². The molecule has 0 fully saturated rings. The first kappa shape index (κ1) is 14.4. The molecule has 3 nitrogen and oxygen atoms in total. The number of benzene rings is 2. The van der Waals surface area contributed by atoms with Crippen LogP contribution in [0.1, 0.15) is 12.5 Å². The topological polar surface area (TPSA) is 38.3 Å². The van der Waals surface area contributed by atoms with Crippen LogP contribution in [0, 0.1) is 0 Å². The summed E-state index contributed by atoms with van der Waals surface area (Å²) in [6.07, 6.45) is 0.257. The van der Waals surface area contributed by atoms with E-state index in [2.05, 4.69) is 5.32 Å². The van der Waals surface area contributed by atoms with E-state index in [1.807, 2.05) is 49.4 Å². The number of hydrogen-bond acceptors (Lipinski definition) is 2. The fraction of sp³-hybridized carbons (Fsp3) is 0.188. The highest BCUT2D eigenvalue weighted by atomic mass is 35.5. The lowest BCUT2D eigenvalue weighted by Gasteiger charge is -2.08. The van der Waals surface area contributed by atoms with Crippen molar-refractivity contribution in [2.45, 2.75) is 13.3 Å². The first-order chi connectivity index (χ1) is 9.69. The molecule has 20 heavy (non-hydrogen) atoms. The molecule has 0 spiro atoms. The molecule has 1 amide bonds. The minimum atomic E-state index is -0.0951. The molecular weight excluding hydrogens is 274 g/mol. The van der Waals surface area contributed by atoms with Gasteiger partial charge in [-0.05, 0) is 42.8 Å². The second-order valence-corrected chi connectivity index (χ2v) is 4.68. The van der Waals surface area contributed by atoms with E-state index in [0.717, 1.165) is 17.0 Å². The highest BCUT2D eigenvalue weighted by Gasteiger charge is 2.07. The van der Waals surface area contributed by atoms with Gasteiger partial charge in [0, 0.05) is 10.7 Å². The van der Waals surface area contributed by atoms with Crippen molar-refractivity contribution in [1.29, 1.82) is 0 Å². The molecule has 2 rings (SSSR count). The molecule has 0 heterocycles. The van der Waals surface area contributed by atoms with Crippen molar-refractivity contribution in [2.75, 3.05) is 11.9 Å². The summed E-state index contributed by atoms with van der Waals surface area (Å²) in [6.45, 7) is 2.55. The van der Waals surface area contributed by atoms with Gasteiger partial charge < -0.3 is 10.1 Å². The Balaban J connectivity index is 1.96. The quantitative estimate of drug-likeness (QED) is 0.906. The van der Waals surface area contributed by atoms with Gasteiger partial charge in [-0.3, -0.25) is 4.79 Å². The number of ether oxygens (including phenoxy) is 1.